The van der Waals surface area contributed by atoms with Crippen molar-refractivity contribution in [3.05, 3.63) is 36.5 Å². The molecular weight excluding hydrogens is 620 g/mol. The Morgan fingerprint density at radius 1 is 0.766 bits per heavy atom. The zero-order valence-corrected chi connectivity index (χ0v) is 27.5. The average molecular weight is 677 g/mol. The summed E-state index contributed by atoms with van der Waals surface area (Å²) in [5.74, 6) is -7.70. The van der Waals surface area contributed by atoms with E-state index >= 15 is 0 Å². The van der Waals surface area contributed by atoms with Gasteiger partial charge in [0.25, 0.3) is 11.6 Å². The number of aliphatic hydroxyl groups excluding tert-OH is 5. The minimum atomic E-state index is -3.40. The first-order chi connectivity index (χ1) is 22.4. The molecule has 0 saturated carbocycles. The van der Waals surface area contributed by atoms with Crippen molar-refractivity contribution < 1.29 is 69.3 Å². The monoisotopic (exact) mass is 676 g/mol. The van der Waals surface area contributed by atoms with Gasteiger partial charge < -0.3 is 64.5 Å². The summed E-state index contributed by atoms with van der Waals surface area (Å²) >= 11 is 0. The minimum Gasteiger partial charge on any atom is -0.424 e. The number of hydrogen-bond acceptors (Lipinski definition) is 14. The molecule has 2 saturated heterocycles. The quantitative estimate of drug-likeness (QED) is 0.0365. The standard InChI is InChI=1S/C33H56O14/c1-3-5-6-7-8-9-10-11-12-13-14-15-16-17-18-19-25(35)47-33(42)29(39)24(46-31(32(33,40)41)43-20-4-2)22-44-30-28(38)27(37)26(36)23(21-34)45-30/h5-6,8-9,11-12,23-24,26-31,34,36-42H,3-4,7,10,13-22H2,1-2H3/t23-,24-,26+,27+,28+,29+,30+,31-,33-/m1/s1. The first-order valence-corrected chi connectivity index (χ1v) is 16.7. The van der Waals surface area contributed by atoms with E-state index in [0.29, 0.717) is 19.3 Å². The lowest BCUT2D eigenvalue weighted by Crippen LogP contribution is -2.76. The SMILES string of the molecule is CCC=CCC=CCC=CCCCCCCCC(=O)O[C@]1(O)[C@@H](O)[C@@H](CO[C@H]2O[C@H](CO)[C@H](O)[C@H](O)[C@@H]2O)O[C@@H](OCCC)C1(O)O. The molecule has 14 heteroatoms. The van der Waals surface area contributed by atoms with E-state index in [9.17, 15) is 45.6 Å². The highest BCUT2D eigenvalue weighted by molar-refractivity contribution is 5.70. The topological polar surface area (TPSA) is 225 Å². The lowest BCUT2D eigenvalue weighted by atomic mass is 9.91. The average Bonchev–Trinajstić information content (AvgIpc) is 3.04. The van der Waals surface area contributed by atoms with Crippen LogP contribution in [0.2, 0.25) is 0 Å². The summed E-state index contributed by atoms with van der Waals surface area (Å²) < 4.78 is 26.6. The molecule has 0 unspecified atom stereocenters. The Balaban J connectivity index is 1.87. The third-order valence-electron chi connectivity index (χ3n) is 7.96. The highest BCUT2D eigenvalue weighted by atomic mass is 16.8. The molecule has 2 fully saturated rings. The second-order valence-corrected chi connectivity index (χ2v) is 11.8. The Morgan fingerprint density at radius 3 is 2.06 bits per heavy atom. The van der Waals surface area contributed by atoms with Crippen LogP contribution in [-0.2, 0) is 28.5 Å². The fourth-order valence-corrected chi connectivity index (χ4v) is 5.12. The van der Waals surface area contributed by atoms with Crippen molar-refractivity contribution in [1.29, 1.82) is 0 Å². The van der Waals surface area contributed by atoms with E-state index in [1.165, 1.54) is 0 Å². The molecule has 9 atom stereocenters. The summed E-state index contributed by atoms with van der Waals surface area (Å²) in [7, 11) is 0. The van der Waals surface area contributed by atoms with Gasteiger partial charge in [0.05, 0.1) is 13.2 Å². The number of carbonyl (C=O) groups is 1. The van der Waals surface area contributed by atoms with Crippen molar-refractivity contribution in [2.45, 2.75) is 145 Å². The highest BCUT2D eigenvalue weighted by Gasteiger charge is 2.68. The van der Waals surface area contributed by atoms with E-state index in [1.54, 1.807) is 6.92 Å². The molecule has 0 bridgehead atoms. The normalized spacial score (nSPS) is 32.9. The summed E-state index contributed by atoms with van der Waals surface area (Å²) in [6.07, 6.45) is 6.92. The van der Waals surface area contributed by atoms with Crippen LogP contribution >= 0.6 is 0 Å². The van der Waals surface area contributed by atoms with Crippen LogP contribution in [0.25, 0.3) is 0 Å². The minimum absolute atomic E-state index is 0.0578. The highest BCUT2D eigenvalue weighted by Crippen LogP contribution is 2.39. The van der Waals surface area contributed by atoms with Gasteiger partial charge in [-0.05, 0) is 44.9 Å². The number of hydrogen-bond donors (Lipinski definition) is 8. The van der Waals surface area contributed by atoms with Gasteiger partial charge in [-0.1, -0.05) is 69.6 Å². The summed E-state index contributed by atoms with van der Waals surface area (Å²) in [4.78, 5) is 12.7. The molecule has 2 rings (SSSR count). The number of unbranched alkanes of at least 4 members (excludes halogenated alkanes) is 5. The Bertz CT molecular complexity index is 969. The van der Waals surface area contributed by atoms with E-state index < -0.39 is 80.0 Å². The summed E-state index contributed by atoms with van der Waals surface area (Å²) in [5, 5.41) is 83.5. The second-order valence-electron chi connectivity index (χ2n) is 11.8. The predicted octanol–water partition coefficient (Wildman–Crippen LogP) is 0.817. The lowest BCUT2D eigenvalue weighted by Gasteiger charge is -2.50. The summed E-state index contributed by atoms with van der Waals surface area (Å²) in [5.41, 5.74) is 0. The molecule has 2 aliphatic rings. The van der Waals surface area contributed by atoms with Gasteiger partial charge in [-0.3, -0.25) is 4.79 Å². The van der Waals surface area contributed by atoms with E-state index in [4.69, 9.17) is 23.7 Å². The Hall–Kier alpha value is -1.79. The zero-order valence-electron chi connectivity index (χ0n) is 27.5. The van der Waals surface area contributed by atoms with Crippen LogP contribution < -0.4 is 0 Å². The van der Waals surface area contributed by atoms with Crippen LogP contribution in [0.1, 0.15) is 84.5 Å². The van der Waals surface area contributed by atoms with Gasteiger partial charge in [0.15, 0.2) is 12.4 Å². The molecule has 2 aliphatic heterocycles. The van der Waals surface area contributed by atoms with E-state index in [0.717, 1.165) is 44.9 Å². The van der Waals surface area contributed by atoms with Crippen LogP contribution in [0, 0.1) is 0 Å². The van der Waals surface area contributed by atoms with Crippen LogP contribution in [0.4, 0.5) is 0 Å². The fraction of sp³-hybridized carbons (Fsp3) is 0.788. The number of ether oxygens (including phenoxy) is 5. The van der Waals surface area contributed by atoms with Crippen molar-refractivity contribution in [2.75, 3.05) is 19.8 Å². The van der Waals surface area contributed by atoms with Gasteiger partial charge in [-0.25, -0.2) is 0 Å². The zero-order chi connectivity index (χ0) is 34.9. The molecule has 0 aromatic heterocycles. The van der Waals surface area contributed by atoms with Gasteiger partial charge >= 0.3 is 5.97 Å². The molecule has 0 amide bonds. The van der Waals surface area contributed by atoms with Crippen molar-refractivity contribution >= 4 is 5.97 Å². The molecule has 2 heterocycles. The van der Waals surface area contributed by atoms with E-state index in [-0.39, 0.29) is 13.0 Å². The smallest absolute Gasteiger partial charge is 0.308 e. The molecule has 0 radical (unpaired) electrons. The molecule has 47 heavy (non-hydrogen) atoms. The van der Waals surface area contributed by atoms with Crippen molar-refractivity contribution in [1.82, 2.24) is 0 Å². The first-order valence-electron chi connectivity index (χ1n) is 16.7. The van der Waals surface area contributed by atoms with Crippen LogP contribution in [0.3, 0.4) is 0 Å². The lowest BCUT2D eigenvalue weighted by molar-refractivity contribution is -0.483. The Kier molecular flexibility index (Phi) is 18.8. The summed E-state index contributed by atoms with van der Waals surface area (Å²) in [6.45, 7) is 2.37. The number of carbonyl (C=O) groups excluding carboxylic acids is 1. The van der Waals surface area contributed by atoms with Crippen LogP contribution in [0.5, 0.6) is 0 Å². The molecule has 8 N–H and O–H groups in total. The molecule has 272 valence electrons. The van der Waals surface area contributed by atoms with Gasteiger partial charge in [0, 0.05) is 13.0 Å². The number of aliphatic hydroxyl groups is 8. The number of esters is 1. The van der Waals surface area contributed by atoms with Crippen LogP contribution in [-0.4, -0.2) is 127 Å². The molecule has 0 aromatic carbocycles. The second kappa shape index (κ2) is 21.3. The molecular formula is C33H56O14. The van der Waals surface area contributed by atoms with Crippen molar-refractivity contribution in [3.63, 3.8) is 0 Å². The van der Waals surface area contributed by atoms with E-state index in [2.05, 4.69) is 43.4 Å². The van der Waals surface area contributed by atoms with Crippen molar-refractivity contribution in [2.24, 2.45) is 0 Å². The third kappa shape index (κ3) is 12.2. The van der Waals surface area contributed by atoms with Gasteiger partial charge in [-0.15, -0.1) is 0 Å². The van der Waals surface area contributed by atoms with Gasteiger partial charge in [-0.2, -0.15) is 0 Å². The maximum absolute atomic E-state index is 12.7. The largest absolute Gasteiger partial charge is 0.424 e. The fourth-order valence-electron chi connectivity index (χ4n) is 5.12. The Labute approximate surface area is 276 Å². The maximum atomic E-state index is 12.7. The first kappa shape index (κ1) is 41.4. The molecule has 14 nitrogen and oxygen atoms in total. The molecule has 0 aromatic rings. The predicted molar refractivity (Wildman–Crippen MR) is 168 cm³/mol. The molecule has 0 aliphatic carbocycles. The number of allylic oxidation sites excluding steroid dienone is 6. The van der Waals surface area contributed by atoms with E-state index in [1.807, 2.05) is 0 Å². The van der Waals surface area contributed by atoms with Crippen LogP contribution in [0.15, 0.2) is 36.5 Å². The van der Waals surface area contributed by atoms with Crippen molar-refractivity contribution in [3.8, 4) is 0 Å². The summed E-state index contributed by atoms with van der Waals surface area (Å²) in [6, 6.07) is 0. The third-order valence-corrected chi connectivity index (χ3v) is 7.96. The number of rotatable bonds is 21. The maximum Gasteiger partial charge on any atom is 0.308 e. The molecule has 0 spiro atoms. The Morgan fingerprint density at radius 2 is 1.40 bits per heavy atom. The van der Waals surface area contributed by atoms with Gasteiger partial charge in [0.2, 0.25) is 6.29 Å². The van der Waals surface area contributed by atoms with Gasteiger partial charge in [0.1, 0.15) is 30.5 Å².